The number of hydrogen-bond donors (Lipinski definition) is 2. The van der Waals surface area contributed by atoms with E-state index >= 15 is 0 Å². The van der Waals surface area contributed by atoms with Crippen LogP contribution in [0.2, 0.25) is 0 Å². The number of anilines is 1. The zero-order chi connectivity index (χ0) is 26.8. The number of carbonyl (C=O) groups is 1. The number of halogens is 1. The third kappa shape index (κ3) is 5.04. The summed E-state index contributed by atoms with van der Waals surface area (Å²) in [6, 6.07) is 21.8. The SMILES string of the molecule is Cc1ccccc1NC(=O)CCN1C(=S)N[C@@H](c2ccccn2)[C@H]1c1cc(C)n(-c2ccc(F)cc2)c1C. The topological polar surface area (TPSA) is 62.2 Å². The lowest BCUT2D eigenvalue weighted by Crippen LogP contribution is -2.33. The maximum Gasteiger partial charge on any atom is 0.226 e. The molecule has 0 saturated carbocycles. The van der Waals surface area contributed by atoms with E-state index in [4.69, 9.17) is 12.2 Å². The fourth-order valence-corrected chi connectivity index (χ4v) is 5.54. The number of hydrogen-bond acceptors (Lipinski definition) is 3. The van der Waals surface area contributed by atoms with Gasteiger partial charge in [-0.15, -0.1) is 0 Å². The lowest BCUT2D eigenvalue weighted by molar-refractivity contribution is -0.116. The number of nitrogens with zero attached hydrogens (tertiary/aromatic N) is 3. The second kappa shape index (κ2) is 10.8. The molecule has 0 aliphatic carbocycles. The Morgan fingerprint density at radius 1 is 1.05 bits per heavy atom. The molecule has 1 fully saturated rings. The molecule has 38 heavy (non-hydrogen) atoms. The van der Waals surface area contributed by atoms with E-state index in [0.717, 1.165) is 39.6 Å². The van der Waals surface area contributed by atoms with E-state index in [-0.39, 0.29) is 30.2 Å². The summed E-state index contributed by atoms with van der Waals surface area (Å²) in [5.41, 5.74) is 6.72. The molecule has 1 amide bonds. The minimum Gasteiger partial charge on any atom is -0.352 e. The number of para-hydroxylation sites is 1. The van der Waals surface area contributed by atoms with Crippen molar-refractivity contribution in [2.45, 2.75) is 39.3 Å². The van der Waals surface area contributed by atoms with Crippen molar-refractivity contribution in [2.24, 2.45) is 0 Å². The average Bonchev–Trinajstić information content (AvgIpc) is 3.39. The Kier molecular flexibility index (Phi) is 7.24. The zero-order valence-corrected chi connectivity index (χ0v) is 22.4. The minimum atomic E-state index is -0.271. The molecule has 8 heteroatoms. The summed E-state index contributed by atoms with van der Waals surface area (Å²) in [4.78, 5) is 19.6. The number of amides is 1. The highest BCUT2D eigenvalue weighted by Crippen LogP contribution is 2.41. The number of aryl methyl sites for hydroxylation is 2. The first-order chi connectivity index (χ1) is 18.3. The number of aromatic nitrogens is 2. The second-order valence-corrected chi connectivity index (χ2v) is 9.96. The van der Waals surface area contributed by atoms with Crippen LogP contribution in [0.3, 0.4) is 0 Å². The van der Waals surface area contributed by atoms with Crippen molar-refractivity contribution in [3.63, 3.8) is 0 Å². The van der Waals surface area contributed by atoms with Crippen LogP contribution < -0.4 is 10.6 Å². The summed E-state index contributed by atoms with van der Waals surface area (Å²) in [5, 5.41) is 7.06. The van der Waals surface area contributed by atoms with Gasteiger partial charge in [0.1, 0.15) is 5.82 Å². The molecule has 2 atom stereocenters. The molecule has 6 nitrogen and oxygen atoms in total. The lowest BCUT2D eigenvalue weighted by Gasteiger charge is -2.28. The number of nitrogens with one attached hydrogen (secondary N) is 2. The number of pyridine rings is 1. The van der Waals surface area contributed by atoms with Gasteiger partial charge in [-0.2, -0.15) is 0 Å². The van der Waals surface area contributed by atoms with E-state index < -0.39 is 0 Å². The normalized spacial score (nSPS) is 16.9. The Bertz CT molecular complexity index is 1470. The van der Waals surface area contributed by atoms with E-state index in [1.54, 1.807) is 18.3 Å². The second-order valence-electron chi connectivity index (χ2n) is 9.57. The number of thiocarbonyl (C=S) groups is 1. The molecule has 0 bridgehead atoms. The summed E-state index contributed by atoms with van der Waals surface area (Å²) in [5.74, 6) is -0.342. The van der Waals surface area contributed by atoms with Crippen LogP contribution in [0.15, 0.2) is 79.0 Å². The third-order valence-electron chi connectivity index (χ3n) is 7.07. The van der Waals surface area contributed by atoms with E-state index in [9.17, 15) is 9.18 Å². The van der Waals surface area contributed by atoms with E-state index in [1.807, 2.05) is 56.3 Å². The maximum atomic E-state index is 13.6. The summed E-state index contributed by atoms with van der Waals surface area (Å²) in [7, 11) is 0. The lowest BCUT2D eigenvalue weighted by atomic mass is 9.96. The number of rotatable bonds is 7. The predicted molar refractivity (Wildman–Crippen MR) is 152 cm³/mol. The van der Waals surface area contributed by atoms with Crippen molar-refractivity contribution in [1.82, 2.24) is 19.8 Å². The van der Waals surface area contributed by atoms with Crippen LogP contribution in [0.5, 0.6) is 0 Å². The third-order valence-corrected chi connectivity index (χ3v) is 7.42. The van der Waals surface area contributed by atoms with Gasteiger partial charge in [0.05, 0.1) is 17.8 Å². The molecule has 1 aliphatic rings. The van der Waals surface area contributed by atoms with E-state index in [2.05, 4.69) is 38.1 Å². The summed E-state index contributed by atoms with van der Waals surface area (Å²) < 4.78 is 15.7. The first-order valence-corrected chi connectivity index (χ1v) is 13.0. The van der Waals surface area contributed by atoms with Gasteiger partial charge in [-0.1, -0.05) is 24.3 Å². The molecule has 0 radical (unpaired) electrons. The van der Waals surface area contributed by atoms with Crippen LogP contribution in [-0.4, -0.2) is 32.0 Å². The quantitative estimate of drug-likeness (QED) is 0.292. The van der Waals surface area contributed by atoms with Crippen molar-refractivity contribution in [3.05, 3.63) is 113 Å². The molecule has 5 rings (SSSR count). The molecule has 1 saturated heterocycles. The van der Waals surface area contributed by atoms with Crippen molar-refractivity contribution < 1.29 is 9.18 Å². The van der Waals surface area contributed by atoms with Crippen molar-refractivity contribution in [1.29, 1.82) is 0 Å². The molecule has 2 aromatic carbocycles. The Hall–Kier alpha value is -4.04. The molecule has 194 valence electrons. The van der Waals surface area contributed by atoms with Crippen molar-refractivity contribution in [3.8, 4) is 5.69 Å². The van der Waals surface area contributed by atoms with Gasteiger partial charge in [-0.25, -0.2) is 4.39 Å². The summed E-state index contributed by atoms with van der Waals surface area (Å²) in [6.07, 6.45) is 2.05. The molecule has 0 spiro atoms. The zero-order valence-electron chi connectivity index (χ0n) is 21.6. The highest BCUT2D eigenvalue weighted by molar-refractivity contribution is 7.80. The summed E-state index contributed by atoms with van der Waals surface area (Å²) >= 11 is 5.79. The van der Waals surface area contributed by atoms with Gasteiger partial charge in [0.25, 0.3) is 0 Å². The Labute approximate surface area is 227 Å². The molecule has 4 aromatic rings. The van der Waals surface area contributed by atoms with E-state index in [1.165, 1.54) is 12.1 Å². The van der Waals surface area contributed by atoms with Crippen molar-refractivity contribution >= 4 is 28.9 Å². The molecular formula is C30H30FN5OS. The smallest absolute Gasteiger partial charge is 0.226 e. The molecule has 2 aromatic heterocycles. The van der Waals surface area contributed by atoms with Crippen LogP contribution in [0.4, 0.5) is 10.1 Å². The highest BCUT2D eigenvalue weighted by atomic mass is 32.1. The Morgan fingerprint density at radius 2 is 1.79 bits per heavy atom. The van der Waals surface area contributed by atoms with Crippen LogP contribution in [-0.2, 0) is 4.79 Å². The molecule has 0 unspecified atom stereocenters. The highest BCUT2D eigenvalue weighted by Gasteiger charge is 2.41. The molecule has 1 aliphatic heterocycles. The van der Waals surface area contributed by atoms with Crippen LogP contribution in [0.1, 0.15) is 46.7 Å². The van der Waals surface area contributed by atoms with Crippen LogP contribution in [0.25, 0.3) is 5.69 Å². The minimum absolute atomic E-state index is 0.0704. The Morgan fingerprint density at radius 3 is 2.50 bits per heavy atom. The maximum absolute atomic E-state index is 13.6. The van der Waals surface area contributed by atoms with Crippen LogP contribution >= 0.6 is 12.2 Å². The van der Waals surface area contributed by atoms with E-state index in [0.29, 0.717) is 11.7 Å². The van der Waals surface area contributed by atoms with Gasteiger partial charge in [-0.05, 0) is 92.6 Å². The fourth-order valence-electron chi connectivity index (χ4n) is 5.21. The molecule has 3 heterocycles. The molecular weight excluding hydrogens is 497 g/mol. The standard InChI is InChI=1S/C30H30FN5OS/c1-19-8-4-5-9-25(19)33-27(37)15-17-35-29(28(34-30(35)38)26-10-6-7-16-32-26)24-18-20(2)36(21(24)3)23-13-11-22(31)12-14-23/h4-14,16,18,28-29H,15,17H2,1-3H3,(H,33,37)(H,34,38)/t28-,29+/m0/s1. The van der Waals surface area contributed by atoms with Gasteiger partial charge in [0, 0.05) is 41.9 Å². The average molecular weight is 528 g/mol. The first kappa shape index (κ1) is 25.6. The molecule has 2 N–H and O–H groups in total. The van der Waals surface area contributed by atoms with Gasteiger partial charge in [0.15, 0.2) is 5.11 Å². The predicted octanol–water partition coefficient (Wildman–Crippen LogP) is 5.94. The number of benzene rings is 2. The fraction of sp³-hybridized carbons (Fsp3) is 0.233. The largest absolute Gasteiger partial charge is 0.352 e. The van der Waals surface area contributed by atoms with Crippen LogP contribution in [0, 0.1) is 26.6 Å². The Balaban J connectivity index is 1.47. The first-order valence-electron chi connectivity index (χ1n) is 12.6. The van der Waals surface area contributed by atoms with Gasteiger partial charge in [0.2, 0.25) is 5.91 Å². The van der Waals surface area contributed by atoms with Gasteiger partial charge >= 0.3 is 0 Å². The van der Waals surface area contributed by atoms with Crippen molar-refractivity contribution in [2.75, 3.05) is 11.9 Å². The number of carbonyl (C=O) groups excluding carboxylic acids is 1. The summed E-state index contributed by atoms with van der Waals surface area (Å²) in [6.45, 7) is 6.51. The van der Waals surface area contributed by atoms with Gasteiger partial charge < -0.3 is 20.1 Å². The van der Waals surface area contributed by atoms with Gasteiger partial charge in [-0.3, -0.25) is 9.78 Å². The monoisotopic (exact) mass is 527 g/mol.